The summed E-state index contributed by atoms with van der Waals surface area (Å²) in [5.74, 6) is 1.68. The Labute approximate surface area is 294 Å². The van der Waals surface area contributed by atoms with Gasteiger partial charge in [0.1, 0.15) is 5.58 Å². The Kier molecular flexibility index (Phi) is 5.35. The van der Waals surface area contributed by atoms with Gasteiger partial charge in [0, 0.05) is 38.2 Å². The van der Waals surface area contributed by atoms with Crippen molar-refractivity contribution in [2.75, 3.05) is 0 Å². The number of nitrogens with zero attached hydrogens (tertiary/aromatic N) is 4. The van der Waals surface area contributed by atoms with Crippen LogP contribution in [0.3, 0.4) is 0 Å². The molecule has 0 aliphatic carbocycles. The van der Waals surface area contributed by atoms with E-state index in [2.05, 4.69) is 4.57 Å². The van der Waals surface area contributed by atoms with Crippen molar-refractivity contribution in [2.45, 2.75) is 0 Å². The zero-order chi connectivity index (χ0) is 37.4. The first kappa shape index (κ1) is 23.5. The average molecular weight is 646 g/mol. The minimum atomic E-state index is -0.420. The highest BCUT2D eigenvalue weighted by atomic mass is 16.3. The molecule has 0 saturated carbocycles. The van der Waals surface area contributed by atoms with Crippen molar-refractivity contribution in [1.82, 2.24) is 19.5 Å². The van der Waals surface area contributed by atoms with Crippen molar-refractivity contribution in [2.24, 2.45) is 0 Å². The number of hydrogen-bond acceptors (Lipinski definition) is 4. The zero-order valence-electron chi connectivity index (χ0n) is 31.5. The predicted molar refractivity (Wildman–Crippen MR) is 203 cm³/mol. The van der Waals surface area contributed by atoms with Gasteiger partial charge >= 0.3 is 0 Å². The Morgan fingerprint density at radius 1 is 0.480 bits per heavy atom. The van der Waals surface area contributed by atoms with Gasteiger partial charge in [-0.05, 0) is 41.5 Å². The number of hydrogen-bond donors (Lipinski definition) is 0. The maximum absolute atomic E-state index is 8.78. The standard InChI is InChI=1S/C45H28N4O/c1-4-14-29(15-5-1)33-21-12-24-38-41(33)36-20-10-11-23-37(36)49(38)39-25-13-22-35-34-27-26-32(28-40(34)50-42(35)39)45-47-43(30-16-6-2-7-17-30)46-44(48-45)31-18-8-3-9-19-31/h1-28H/i1D,4D,5D,14D,15D. The molecular weight excluding hydrogens is 613 g/mol. The van der Waals surface area contributed by atoms with E-state index in [1.54, 1.807) is 0 Å². The lowest BCUT2D eigenvalue weighted by atomic mass is 9.99. The van der Waals surface area contributed by atoms with Crippen molar-refractivity contribution >= 4 is 43.7 Å². The molecule has 0 fully saturated rings. The Bertz CT molecular complexity index is 3070. The fraction of sp³-hybridized carbons (Fsp3) is 0. The molecule has 50 heavy (non-hydrogen) atoms. The van der Waals surface area contributed by atoms with E-state index in [9.17, 15) is 0 Å². The molecule has 3 aromatic heterocycles. The highest BCUT2D eigenvalue weighted by Gasteiger charge is 2.20. The second kappa shape index (κ2) is 11.4. The Hall–Kier alpha value is -6.85. The molecule has 3 heterocycles. The number of benzene rings is 7. The van der Waals surface area contributed by atoms with Gasteiger partial charge < -0.3 is 8.98 Å². The van der Waals surface area contributed by atoms with Gasteiger partial charge in [0.2, 0.25) is 0 Å². The fourth-order valence-corrected chi connectivity index (χ4v) is 6.91. The second-order valence-corrected chi connectivity index (χ2v) is 12.1. The van der Waals surface area contributed by atoms with Gasteiger partial charge in [-0.25, -0.2) is 15.0 Å². The van der Waals surface area contributed by atoms with E-state index in [1.165, 1.54) is 0 Å². The highest BCUT2D eigenvalue weighted by molar-refractivity contribution is 6.17. The zero-order valence-corrected chi connectivity index (χ0v) is 26.5. The number of furan rings is 1. The average Bonchev–Trinajstić information content (AvgIpc) is 3.79. The predicted octanol–water partition coefficient (Wildman–Crippen LogP) is 11.5. The van der Waals surface area contributed by atoms with Crippen molar-refractivity contribution in [3.05, 3.63) is 170 Å². The molecule has 0 atom stereocenters. The first-order chi connectivity index (χ1) is 26.9. The summed E-state index contributed by atoms with van der Waals surface area (Å²) in [6.45, 7) is 0. The van der Waals surface area contributed by atoms with E-state index in [0.717, 1.165) is 55.0 Å². The maximum atomic E-state index is 8.78. The maximum Gasteiger partial charge on any atom is 0.164 e. The molecule has 0 bridgehead atoms. The number of aromatic nitrogens is 4. The summed E-state index contributed by atoms with van der Waals surface area (Å²) in [5.41, 5.74) is 7.13. The number of fused-ring (bicyclic) bond motifs is 6. The summed E-state index contributed by atoms with van der Waals surface area (Å²) < 4.78 is 51.4. The van der Waals surface area contributed by atoms with Gasteiger partial charge in [0.05, 0.1) is 23.6 Å². The summed E-state index contributed by atoms with van der Waals surface area (Å²) in [6, 6.07) is 43.8. The van der Waals surface area contributed by atoms with E-state index in [0.29, 0.717) is 34.2 Å². The van der Waals surface area contributed by atoms with E-state index < -0.39 is 6.04 Å². The van der Waals surface area contributed by atoms with E-state index >= 15 is 0 Å². The van der Waals surface area contributed by atoms with E-state index in [-0.39, 0.29) is 29.7 Å². The largest absolute Gasteiger partial charge is 0.454 e. The van der Waals surface area contributed by atoms with Gasteiger partial charge in [-0.3, -0.25) is 0 Å². The van der Waals surface area contributed by atoms with Crippen LogP contribution < -0.4 is 0 Å². The molecule has 0 aliphatic rings. The van der Waals surface area contributed by atoms with Crippen molar-refractivity contribution in [3.63, 3.8) is 0 Å². The lowest BCUT2D eigenvalue weighted by molar-refractivity contribution is 0.666. The molecule has 0 saturated heterocycles. The van der Waals surface area contributed by atoms with Gasteiger partial charge in [0.15, 0.2) is 23.1 Å². The molecule has 0 N–H and O–H groups in total. The molecule has 234 valence electrons. The first-order valence-electron chi connectivity index (χ1n) is 18.8. The molecule has 0 unspecified atom stereocenters. The third kappa shape index (κ3) is 4.52. The first-order valence-corrected chi connectivity index (χ1v) is 16.3. The van der Waals surface area contributed by atoms with Crippen LogP contribution in [0.25, 0.3) is 94.7 Å². The Morgan fingerprint density at radius 2 is 1.10 bits per heavy atom. The van der Waals surface area contributed by atoms with E-state index in [4.69, 9.17) is 26.2 Å². The van der Waals surface area contributed by atoms with Crippen LogP contribution in [0.4, 0.5) is 0 Å². The third-order valence-electron chi connectivity index (χ3n) is 9.14. The van der Waals surface area contributed by atoms with Crippen molar-refractivity contribution in [1.29, 1.82) is 0 Å². The van der Waals surface area contributed by atoms with Crippen LogP contribution in [0, 0.1) is 0 Å². The van der Waals surface area contributed by atoms with Crippen molar-refractivity contribution in [3.8, 4) is 51.0 Å². The quantitative estimate of drug-likeness (QED) is 0.187. The lowest BCUT2D eigenvalue weighted by Gasteiger charge is -2.09. The molecular formula is C45H28N4O. The summed E-state index contributed by atoms with van der Waals surface area (Å²) in [7, 11) is 0. The van der Waals surface area contributed by atoms with Crippen LogP contribution in [-0.4, -0.2) is 19.5 Å². The van der Waals surface area contributed by atoms with Crippen LogP contribution in [0.1, 0.15) is 6.85 Å². The van der Waals surface area contributed by atoms with Crippen LogP contribution in [0.2, 0.25) is 0 Å². The van der Waals surface area contributed by atoms with Gasteiger partial charge in [0.25, 0.3) is 0 Å². The minimum Gasteiger partial charge on any atom is -0.454 e. The summed E-state index contributed by atoms with van der Waals surface area (Å²) in [6.07, 6.45) is 0. The van der Waals surface area contributed by atoms with Crippen LogP contribution >= 0.6 is 0 Å². The summed E-state index contributed by atoms with van der Waals surface area (Å²) in [5, 5.41) is 3.53. The van der Waals surface area contributed by atoms with Crippen LogP contribution in [-0.2, 0) is 0 Å². The molecule has 0 spiro atoms. The van der Waals surface area contributed by atoms with Crippen LogP contribution in [0.5, 0.6) is 0 Å². The smallest absolute Gasteiger partial charge is 0.164 e. The topological polar surface area (TPSA) is 56.7 Å². The van der Waals surface area contributed by atoms with Gasteiger partial charge in [-0.2, -0.15) is 0 Å². The molecule has 10 rings (SSSR count). The SMILES string of the molecule is [2H]c1c([2H])c([2H])c(-c2cccc3c2c2ccccc2n3-c2cccc3c2oc2cc(-c4nc(-c5ccccc5)nc(-c5ccccc5)n4)ccc23)c([2H])c1[2H]. The fourth-order valence-electron chi connectivity index (χ4n) is 6.91. The van der Waals surface area contributed by atoms with Crippen molar-refractivity contribution < 1.29 is 11.3 Å². The molecule has 7 aromatic carbocycles. The molecule has 5 nitrogen and oxygen atoms in total. The monoisotopic (exact) mass is 645 g/mol. The molecule has 0 radical (unpaired) electrons. The number of para-hydroxylation sites is 2. The second-order valence-electron chi connectivity index (χ2n) is 12.1. The normalized spacial score (nSPS) is 13.0. The molecule has 5 heteroatoms. The van der Waals surface area contributed by atoms with Crippen LogP contribution in [0.15, 0.2) is 174 Å². The molecule has 10 aromatic rings. The highest BCUT2D eigenvalue weighted by Crippen LogP contribution is 2.41. The van der Waals surface area contributed by atoms with Gasteiger partial charge in [-0.15, -0.1) is 0 Å². The third-order valence-corrected chi connectivity index (χ3v) is 9.14. The Balaban J connectivity index is 1.18. The molecule has 0 amide bonds. The summed E-state index contributed by atoms with van der Waals surface area (Å²) in [4.78, 5) is 14.7. The Morgan fingerprint density at radius 3 is 1.84 bits per heavy atom. The molecule has 0 aliphatic heterocycles. The van der Waals surface area contributed by atoms with Gasteiger partial charge in [-0.1, -0.05) is 139 Å². The number of rotatable bonds is 5. The summed E-state index contributed by atoms with van der Waals surface area (Å²) >= 11 is 0. The van der Waals surface area contributed by atoms with E-state index in [1.807, 2.05) is 140 Å². The lowest BCUT2D eigenvalue weighted by Crippen LogP contribution is -2.00. The minimum absolute atomic E-state index is 0.165.